The molecule has 1 N–H and O–H groups in total. The van der Waals surface area contributed by atoms with E-state index in [1.807, 2.05) is 6.92 Å². The number of para-hydroxylation sites is 1. The van der Waals surface area contributed by atoms with Gasteiger partial charge in [0.2, 0.25) is 11.8 Å². The van der Waals surface area contributed by atoms with Crippen LogP contribution in [0.15, 0.2) is 78.3 Å². The molecule has 2 aromatic carbocycles. The van der Waals surface area contributed by atoms with E-state index in [9.17, 15) is 27.9 Å². The number of hydrogen-bond donors (Lipinski definition) is 1. The van der Waals surface area contributed by atoms with Crippen LogP contribution in [0.5, 0.6) is 0 Å². The van der Waals surface area contributed by atoms with E-state index in [4.69, 9.17) is 4.74 Å². The van der Waals surface area contributed by atoms with Crippen LogP contribution in [-0.2, 0) is 27.0 Å². The van der Waals surface area contributed by atoms with E-state index in [0.29, 0.717) is 28.9 Å². The van der Waals surface area contributed by atoms with Gasteiger partial charge >= 0.3 is 6.18 Å². The number of fused-ring (bicyclic) bond motifs is 1. The summed E-state index contributed by atoms with van der Waals surface area (Å²) in [5.41, 5.74) is 0.842. The highest BCUT2D eigenvalue weighted by molar-refractivity contribution is 6.22. The molecule has 0 bridgehead atoms. The van der Waals surface area contributed by atoms with Crippen molar-refractivity contribution in [2.24, 2.45) is 5.92 Å². The Morgan fingerprint density at radius 1 is 1.05 bits per heavy atom. The molecule has 42 heavy (non-hydrogen) atoms. The Balaban J connectivity index is 1.70. The second-order valence-corrected chi connectivity index (χ2v) is 10.2. The van der Waals surface area contributed by atoms with Crippen molar-refractivity contribution >= 4 is 34.4 Å². The number of ether oxygens (including phenoxy) is 1. The number of hydrogen-bond acceptors (Lipinski definition) is 5. The van der Waals surface area contributed by atoms with Gasteiger partial charge in [0.25, 0.3) is 0 Å². The van der Waals surface area contributed by atoms with Gasteiger partial charge in [-0.1, -0.05) is 31.2 Å². The van der Waals surface area contributed by atoms with E-state index in [1.54, 1.807) is 60.4 Å². The number of methoxy groups -OCH3 is 1. The molecular weight excluding hydrogens is 549 g/mol. The maximum atomic E-state index is 14.5. The van der Waals surface area contributed by atoms with E-state index in [-0.39, 0.29) is 30.1 Å². The quantitative estimate of drug-likeness (QED) is 0.333. The minimum atomic E-state index is -4.66. The lowest BCUT2D eigenvalue weighted by molar-refractivity contribution is -0.137. The number of carbonyl (C=O) groups excluding carboxylic acids is 2. The lowest BCUT2D eigenvalue weighted by Crippen LogP contribution is -2.43. The summed E-state index contributed by atoms with van der Waals surface area (Å²) in [7, 11) is 1.42. The smallest absolute Gasteiger partial charge is 0.416 e. The normalized spacial score (nSPS) is 19.6. The molecule has 0 saturated carbocycles. The number of aromatic nitrogens is 2. The lowest BCUT2D eigenvalue weighted by atomic mass is 9.84. The fourth-order valence-corrected chi connectivity index (χ4v) is 5.51. The molecule has 8 nitrogen and oxygen atoms in total. The molecule has 1 aliphatic heterocycles. The van der Waals surface area contributed by atoms with Gasteiger partial charge in [-0.25, -0.2) is 0 Å². The molecule has 0 saturated heterocycles. The number of alkyl halides is 3. The van der Waals surface area contributed by atoms with Gasteiger partial charge in [0.1, 0.15) is 17.8 Å². The number of amides is 2. The third-order valence-electron chi connectivity index (χ3n) is 7.53. The number of aliphatic hydroxyl groups excluding tert-OH is 1. The molecule has 0 spiro atoms. The van der Waals surface area contributed by atoms with E-state index in [0.717, 1.165) is 18.6 Å². The van der Waals surface area contributed by atoms with E-state index in [2.05, 4.69) is 5.10 Å². The first-order valence-corrected chi connectivity index (χ1v) is 13.7. The van der Waals surface area contributed by atoms with Crippen molar-refractivity contribution in [2.75, 3.05) is 23.5 Å². The van der Waals surface area contributed by atoms with Crippen molar-refractivity contribution in [3.8, 4) is 0 Å². The van der Waals surface area contributed by atoms with E-state index >= 15 is 0 Å². The minimum absolute atomic E-state index is 0.0292. The first kappa shape index (κ1) is 29.1. The van der Waals surface area contributed by atoms with Crippen molar-refractivity contribution in [1.82, 2.24) is 9.78 Å². The minimum Gasteiger partial charge on any atom is -0.509 e. The number of aryl methyl sites for hydroxylation is 1. The highest BCUT2D eigenvalue weighted by Gasteiger charge is 2.45. The van der Waals surface area contributed by atoms with Gasteiger partial charge in [0, 0.05) is 49.6 Å². The summed E-state index contributed by atoms with van der Waals surface area (Å²) >= 11 is 0. The second kappa shape index (κ2) is 11.5. The molecule has 11 heteroatoms. The summed E-state index contributed by atoms with van der Waals surface area (Å²) in [4.78, 5) is 31.2. The van der Waals surface area contributed by atoms with Gasteiger partial charge in [0.15, 0.2) is 0 Å². The van der Waals surface area contributed by atoms with Crippen molar-refractivity contribution < 1.29 is 32.6 Å². The molecule has 3 aromatic rings. The highest BCUT2D eigenvalue weighted by Crippen LogP contribution is 2.45. The predicted octanol–water partition coefficient (Wildman–Crippen LogP) is 6.27. The van der Waals surface area contributed by atoms with Crippen LogP contribution >= 0.6 is 0 Å². The molecule has 0 radical (unpaired) electrons. The Kier molecular flexibility index (Phi) is 7.96. The number of anilines is 3. The Morgan fingerprint density at radius 3 is 2.43 bits per heavy atom. The number of halogens is 3. The number of carbonyl (C=O) groups is 2. The van der Waals surface area contributed by atoms with Crippen molar-refractivity contribution in [2.45, 2.75) is 45.5 Å². The van der Waals surface area contributed by atoms with E-state index < -0.39 is 35.6 Å². The number of allylic oxidation sites excluding steroid dienone is 2. The highest BCUT2D eigenvalue weighted by atomic mass is 19.4. The molecule has 5 rings (SSSR count). The van der Waals surface area contributed by atoms with Crippen LogP contribution in [0.1, 0.15) is 37.8 Å². The summed E-state index contributed by atoms with van der Waals surface area (Å²) in [5.74, 6) is -2.73. The molecule has 2 aliphatic rings. The molecule has 0 fully saturated rings. The van der Waals surface area contributed by atoms with Crippen LogP contribution in [0.2, 0.25) is 0 Å². The standard InChI is InChI=1S/C31H31F3N4O4/c1-4-13-36-18-20(17-35-36)23-14-19(15-26(42-3)28(23)39)27-29(40)37(5-2)24-12-11-21(31(32,33)34)16-25(24)38(30(27)41)22-9-7-6-8-10-22/h6-12,14,16-18,26-27,39H,4-5,13,15H2,1-3H3. The molecule has 2 unspecified atom stereocenters. The monoisotopic (exact) mass is 580 g/mol. The van der Waals surface area contributed by atoms with Gasteiger partial charge < -0.3 is 14.7 Å². The summed E-state index contributed by atoms with van der Waals surface area (Å²) in [5, 5.41) is 15.4. The predicted molar refractivity (Wildman–Crippen MR) is 152 cm³/mol. The molecule has 1 aliphatic carbocycles. The number of benzene rings is 2. The summed E-state index contributed by atoms with van der Waals surface area (Å²) < 4.78 is 48.8. The van der Waals surface area contributed by atoms with E-state index in [1.165, 1.54) is 23.0 Å². The molecular formula is C31H31F3N4O4. The van der Waals surface area contributed by atoms with Crippen LogP contribution in [-0.4, -0.2) is 46.5 Å². The number of aliphatic hydroxyl groups is 1. The van der Waals surface area contributed by atoms with Crippen LogP contribution < -0.4 is 9.80 Å². The summed E-state index contributed by atoms with van der Waals surface area (Å²) in [6.07, 6.45) is 0.322. The van der Waals surface area contributed by atoms with Crippen LogP contribution in [0.4, 0.5) is 30.2 Å². The average molecular weight is 581 g/mol. The first-order valence-electron chi connectivity index (χ1n) is 13.7. The van der Waals surface area contributed by atoms with Crippen LogP contribution in [0.25, 0.3) is 5.57 Å². The SMILES string of the molecule is CCCn1cc(C2=C(O)C(OC)CC(C3C(=O)N(CC)c4ccc(C(F)(F)F)cc4N(c4ccccc4)C3=O)=C2)cn1. The molecule has 2 heterocycles. The van der Waals surface area contributed by atoms with Crippen LogP contribution in [0.3, 0.4) is 0 Å². The Labute approximate surface area is 241 Å². The van der Waals surface area contributed by atoms with Gasteiger partial charge in [-0.05, 0) is 49.2 Å². The van der Waals surface area contributed by atoms with Gasteiger partial charge in [-0.2, -0.15) is 18.3 Å². The average Bonchev–Trinajstić information content (AvgIpc) is 3.40. The van der Waals surface area contributed by atoms with Gasteiger partial charge in [-0.15, -0.1) is 0 Å². The van der Waals surface area contributed by atoms with Crippen molar-refractivity contribution in [1.29, 1.82) is 0 Å². The Bertz CT molecular complexity index is 1560. The maximum Gasteiger partial charge on any atom is 0.416 e. The van der Waals surface area contributed by atoms with Gasteiger partial charge in [-0.3, -0.25) is 19.2 Å². The fourth-order valence-electron chi connectivity index (χ4n) is 5.51. The Morgan fingerprint density at radius 2 is 1.79 bits per heavy atom. The zero-order valence-corrected chi connectivity index (χ0v) is 23.4. The van der Waals surface area contributed by atoms with Crippen molar-refractivity contribution in [3.05, 3.63) is 89.5 Å². The molecule has 2 atom stereocenters. The topological polar surface area (TPSA) is 87.9 Å². The third kappa shape index (κ3) is 5.20. The molecule has 2 amide bonds. The number of nitrogens with zero attached hydrogens (tertiary/aromatic N) is 4. The summed E-state index contributed by atoms with van der Waals surface area (Å²) in [6.45, 7) is 4.48. The molecule has 1 aromatic heterocycles. The zero-order valence-electron chi connectivity index (χ0n) is 23.4. The Hall–Kier alpha value is -4.38. The fraction of sp³-hybridized carbons (Fsp3) is 0.323. The van der Waals surface area contributed by atoms with Crippen LogP contribution in [0, 0.1) is 5.92 Å². The maximum absolute atomic E-state index is 14.5. The van der Waals surface area contributed by atoms with Crippen molar-refractivity contribution in [3.63, 3.8) is 0 Å². The third-order valence-corrected chi connectivity index (χ3v) is 7.53. The second-order valence-electron chi connectivity index (χ2n) is 10.2. The zero-order chi connectivity index (χ0) is 30.2. The first-order chi connectivity index (χ1) is 20.1. The molecule has 220 valence electrons. The largest absolute Gasteiger partial charge is 0.509 e. The lowest BCUT2D eigenvalue weighted by Gasteiger charge is -2.30. The summed E-state index contributed by atoms with van der Waals surface area (Å²) in [6, 6.07) is 11.3. The van der Waals surface area contributed by atoms with Gasteiger partial charge in [0.05, 0.1) is 23.1 Å². The number of rotatable bonds is 7.